The van der Waals surface area contributed by atoms with Crippen LogP contribution in [0.2, 0.25) is 0 Å². The van der Waals surface area contributed by atoms with E-state index in [1.165, 1.54) is 12.1 Å². The van der Waals surface area contributed by atoms with E-state index in [-0.39, 0.29) is 5.92 Å². The molecular weight excluding hydrogens is 395 g/mol. The molecule has 0 spiro atoms. The maximum Gasteiger partial charge on any atom is 0.416 e. The molecule has 30 heavy (non-hydrogen) atoms. The van der Waals surface area contributed by atoms with E-state index in [0.29, 0.717) is 18.5 Å². The molecule has 0 amide bonds. The first kappa shape index (κ1) is 22.6. The van der Waals surface area contributed by atoms with Crippen LogP contribution in [0.15, 0.2) is 48.5 Å². The Morgan fingerprint density at radius 2 is 1.60 bits per heavy atom. The average molecular weight is 423 g/mol. The van der Waals surface area contributed by atoms with Crippen molar-refractivity contribution in [3.05, 3.63) is 65.2 Å². The van der Waals surface area contributed by atoms with E-state index in [2.05, 4.69) is 4.90 Å². The third kappa shape index (κ3) is 5.97. The van der Waals surface area contributed by atoms with Gasteiger partial charge in [0.15, 0.2) is 0 Å². The number of likely N-dealkylation sites (tertiary alicyclic amines) is 1. The second-order valence-electron chi connectivity index (χ2n) is 7.91. The number of methoxy groups -OCH3 is 1. The summed E-state index contributed by atoms with van der Waals surface area (Å²) in [6.07, 6.45) is -3.58. The number of benzene rings is 2. The van der Waals surface area contributed by atoms with Crippen LogP contribution in [0.4, 0.5) is 13.2 Å². The monoisotopic (exact) mass is 423 g/mol. The molecule has 1 saturated heterocycles. The number of ether oxygens (including phenoxy) is 1. The minimum atomic E-state index is -4.35. The van der Waals surface area contributed by atoms with Gasteiger partial charge in [-0.1, -0.05) is 24.3 Å². The van der Waals surface area contributed by atoms with Gasteiger partial charge in [0.25, 0.3) is 0 Å². The Kier molecular flexibility index (Phi) is 7.39. The molecule has 0 aromatic heterocycles. The summed E-state index contributed by atoms with van der Waals surface area (Å²) in [5.41, 5.74) is 0.870. The Hall–Kier alpha value is -2.09. The summed E-state index contributed by atoms with van der Waals surface area (Å²) in [6.45, 7) is 2.00. The van der Waals surface area contributed by atoms with Crippen molar-refractivity contribution in [3.63, 3.8) is 0 Å². The number of aliphatic hydroxyl groups is 2. The predicted molar refractivity (Wildman–Crippen MR) is 108 cm³/mol. The van der Waals surface area contributed by atoms with Crippen molar-refractivity contribution in [3.8, 4) is 5.75 Å². The summed E-state index contributed by atoms with van der Waals surface area (Å²) in [5, 5.41) is 21.0. The molecule has 0 aliphatic carbocycles. The van der Waals surface area contributed by atoms with Crippen LogP contribution < -0.4 is 4.74 Å². The van der Waals surface area contributed by atoms with Crippen LogP contribution >= 0.6 is 0 Å². The second kappa shape index (κ2) is 9.81. The van der Waals surface area contributed by atoms with Crippen LogP contribution in [0.5, 0.6) is 5.75 Å². The number of rotatable bonds is 7. The number of piperidine rings is 1. The number of alkyl halides is 3. The molecule has 2 N–H and O–H groups in total. The Morgan fingerprint density at radius 1 is 1.00 bits per heavy atom. The molecule has 0 saturated carbocycles. The fraction of sp³-hybridized carbons (Fsp3) is 0.478. The molecule has 7 heteroatoms. The van der Waals surface area contributed by atoms with E-state index in [4.69, 9.17) is 4.74 Å². The topological polar surface area (TPSA) is 52.9 Å². The summed E-state index contributed by atoms with van der Waals surface area (Å²) < 4.78 is 43.1. The minimum Gasteiger partial charge on any atom is -0.497 e. The van der Waals surface area contributed by atoms with Crippen molar-refractivity contribution >= 4 is 0 Å². The summed E-state index contributed by atoms with van der Waals surface area (Å²) in [5.74, 6) is 0.907. The van der Waals surface area contributed by atoms with E-state index in [0.717, 1.165) is 49.4 Å². The van der Waals surface area contributed by atoms with E-state index < -0.39 is 23.9 Å². The van der Waals surface area contributed by atoms with Crippen LogP contribution in [0, 0.1) is 5.92 Å². The SMILES string of the molecule is COc1ccc(C(O)C2CCN(CC(O)Cc3ccc(C(F)(F)F)cc3)CC2)cc1. The summed E-state index contributed by atoms with van der Waals surface area (Å²) in [4.78, 5) is 2.14. The Morgan fingerprint density at radius 3 is 2.13 bits per heavy atom. The van der Waals surface area contributed by atoms with Crippen LogP contribution in [-0.4, -0.2) is 48.0 Å². The summed E-state index contributed by atoms with van der Waals surface area (Å²) in [6, 6.07) is 12.4. The van der Waals surface area contributed by atoms with Gasteiger partial charge in [-0.05, 0) is 73.7 Å². The lowest BCUT2D eigenvalue weighted by Gasteiger charge is -2.35. The van der Waals surface area contributed by atoms with Crippen LogP contribution in [0.1, 0.15) is 35.6 Å². The number of hydrogen-bond donors (Lipinski definition) is 2. The Balaban J connectivity index is 1.45. The molecule has 1 heterocycles. The van der Waals surface area contributed by atoms with Crippen molar-refractivity contribution in [1.82, 2.24) is 4.90 Å². The third-order valence-electron chi connectivity index (χ3n) is 5.76. The molecule has 4 nitrogen and oxygen atoms in total. The van der Waals surface area contributed by atoms with Gasteiger partial charge in [-0.15, -0.1) is 0 Å². The maximum atomic E-state index is 12.6. The molecule has 2 unspecified atom stereocenters. The zero-order chi connectivity index (χ0) is 21.7. The van der Waals surface area contributed by atoms with Gasteiger partial charge in [0.05, 0.1) is 24.9 Å². The van der Waals surface area contributed by atoms with Gasteiger partial charge in [-0.3, -0.25) is 0 Å². The molecular formula is C23H28F3NO3. The first-order chi connectivity index (χ1) is 14.3. The van der Waals surface area contributed by atoms with Crippen LogP contribution in [0.25, 0.3) is 0 Å². The highest BCUT2D eigenvalue weighted by Gasteiger charge is 2.30. The molecule has 1 aliphatic heterocycles. The van der Waals surface area contributed by atoms with Gasteiger partial charge in [0, 0.05) is 6.54 Å². The van der Waals surface area contributed by atoms with E-state index in [9.17, 15) is 23.4 Å². The van der Waals surface area contributed by atoms with E-state index in [1.807, 2.05) is 24.3 Å². The lowest BCUT2D eigenvalue weighted by atomic mass is 9.87. The fourth-order valence-corrected chi connectivity index (χ4v) is 3.99. The number of nitrogens with zero attached hydrogens (tertiary/aromatic N) is 1. The number of β-amino-alcohol motifs (C(OH)–C–C–N with tert-alkyl or cyclic N) is 1. The summed E-state index contributed by atoms with van der Waals surface area (Å²) >= 11 is 0. The van der Waals surface area contributed by atoms with Crippen molar-refractivity contribution < 1.29 is 28.1 Å². The number of aliphatic hydroxyl groups excluding tert-OH is 2. The molecule has 1 fully saturated rings. The van der Waals surface area contributed by atoms with Gasteiger partial charge in [-0.2, -0.15) is 13.2 Å². The highest BCUT2D eigenvalue weighted by Crippen LogP contribution is 2.32. The quantitative estimate of drug-likeness (QED) is 0.705. The molecule has 2 aromatic carbocycles. The lowest BCUT2D eigenvalue weighted by molar-refractivity contribution is -0.137. The lowest BCUT2D eigenvalue weighted by Crippen LogP contribution is -2.40. The molecule has 0 bridgehead atoms. The van der Waals surface area contributed by atoms with Gasteiger partial charge < -0.3 is 19.8 Å². The largest absolute Gasteiger partial charge is 0.497 e. The fourth-order valence-electron chi connectivity index (χ4n) is 3.99. The van der Waals surface area contributed by atoms with Gasteiger partial charge in [0.1, 0.15) is 5.75 Å². The third-order valence-corrected chi connectivity index (χ3v) is 5.76. The highest BCUT2D eigenvalue weighted by atomic mass is 19.4. The highest BCUT2D eigenvalue weighted by molar-refractivity contribution is 5.29. The Labute approximate surface area is 174 Å². The zero-order valence-electron chi connectivity index (χ0n) is 17.0. The van der Waals surface area contributed by atoms with E-state index in [1.54, 1.807) is 7.11 Å². The van der Waals surface area contributed by atoms with Crippen molar-refractivity contribution in [1.29, 1.82) is 0 Å². The molecule has 2 aromatic rings. The first-order valence-corrected chi connectivity index (χ1v) is 10.1. The summed E-state index contributed by atoms with van der Waals surface area (Å²) in [7, 11) is 1.60. The van der Waals surface area contributed by atoms with Crippen molar-refractivity contribution in [2.75, 3.05) is 26.7 Å². The minimum absolute atomic E-state index is 0.154. The molecule has 0 radical (unpaired) electrons. The van der Waals surface area contributed by atoms with Crippen molar-refractivity contribution in [2.24, 2.45) is 5.92 Å². The zero-order valence-corrected chi connectivity index (χ0v) is 17.0. The molecule has 2 atom stereocenters. The van der Waals surface area contributed by atoms with Crippen molar-refractivity contribution in [2.45, 2.75) is 37.6 Å². The second-order valence-corrected chi connectivity index (χ2v) is 7.91. The van der Waals surface area contributed by atoms with E-state index >= 15 is 0 Å². The molecule has 3 rings (SSSR count). The molecule has 1 aliphatic rings. The Bertz CT molecular complexity index is 785. The first-order valence-electron chi connectivity index (χ1n) is 10.1. The predicted octanol–water partition coefficient (Wildman–Crippen LogP) is 4.06. The van der Waals surface area contributed by atoms with Crippen LogP contribution in [-0.2, 0) is 12.6 Å². The maximum absolute atomic E-state index is 12.6. The average Bonchev–Trinajstić information content (AvgIpc) is 2.73. The number of halogens is 3. The standard InChI is InChI=1S/C23H28F3NO3/c1-30-21-8-4-17(5-9-21)22(29)18-10-12-27(13-11-18)15-20(28)14-16-2-6-19(7-3-16)23(24,25)26/h2-9,18,20,22,28-29H,10-15H2,1H3. The molecule has 164 valence electrons. The smallest absolute Gasteiger partial charge is 0.416 e. The van der Waals surface area contributed by atoms with Gasteiger partial charge in [0.2, 0.25) is 0 Å². The van der Waals surface area contributed by atoms with Crippen LogP contribution in [0.3, 0.4) is 0 Å². The number of hydrogen-bond acceptors (Lipinski definition) is 4. The van der Waals surface area contributed by atoms with Gasteiger partial charge in [-0.25, -0.2) is 0 Å². The van der Waals surface area contributed by atoms with Gasteiger partial charge >= 0.3 is 6.18 Å². The normalized spacial score (nSPS) is 18.2.